The highest BCUT2D eigenvalue weighted by Gasteiger charge is 2.41. The molecule has 0 atom stereocenters. The number of alkyl halides is 3. The number of fused-ring (bicyclic) bond motifs is 1. The Bertz CT molecular complexity index is 689. The summed E-state index contributed by atoms with van der Waals surface area (Å²) in [6.07, 6.45) is -4.74. The smallest absolute Gasteiger partial charge is 0.432 e. The molecule has 1 N–H and O–H groups in total. The van der Waals surface area contributed by atoms with Crippen molar-refractivity contribution in [3.05, 3.63) is 29.5 Å². The van der Waals surface area contributed by atoms with E-state index in [0.29, 0.717) is 12.4 Å². The van der Waals surface area contributed by atoms with Gasteiger partial charge in [0, 0.05) is 17.4 Å². The molecule has 1 heterocycles. The molecule has 2 aromatic rings. The van der Waals surface area contributed by atoms with Crippen molar-refractivity contribution in [2.45, 2.75) is 26.6 Å². The summed E-state index contributed by atoms with van der Waals surface area (Å²) in [5.41, 5.74) is -1.65. The monoisotopic (exact) mass is 301 g/mol. The van der Waals surface area contributed by atoms with Crippen molar-refractivity contribution >= 4 is 16.9 Å². The fraction of sp³-hybridized carbons (Fsp3) is 0.357. The summed E-state index contributed by atoms with van der Waals surface area (Å²) in [6, 6.07) is 4.32. The van der Waals surface area contributed by atoms with Gasteiger partial charge in [-0.05, 0) is 32.0 Å². The van der Waals surface area contributed by atoms with Gasteiger partial charge in [-0.15, -0.1) is 0 Å². The lowest BCUT2D eigenvalue weighted by Gasteiger charge is -2.11. The van der Waals surface area contributed by atoms with Gasteiger partial charge in [-0.3, -0.25) is 0 Å². The van der Waals surface area contributed by atoms with Gasteiger partial charge in [0.25, 0.3) is 0 Å². The summed E-state index contributed by atoms with van der Waals surface area (Å²) in [5, 5.41) is 9.23. The van der Waals surface area contributed by atoms with Crippen LogP contribution in [-0.4, -0.2) is 22.2 Å². The van der Waals surface area contributed by atoms with Crippen LogP contribution in [0.5, 0.6) is 5.75 Å². The Morgan fingerprint density at radius 2 is 2.00 bits per heavy atom. The number of benzene rings is 1. The van der Waals surface area contributed by atoms with Crippen LogP contribution in [0.25, 0.3) is 10.9 Å². The lowest BCUT2D eigenvalue weighted by atomic mass is 10.1. The van der Waals surface area contributed by atoms with Gasteiger partial charge in [0.15, 0.2) is 0 Å². The number of hydrogen-bond acceptors (Lipinski definition) is 2. The second-order valence-electron chi connectivity index (χ2n) is 4.38. The van der Waals surface area contributed by atoms with Crippen LogP contribution in [-0.2, 0) is 12.7 Å². The molecule has 114 valence electrons. The zero-order valence-electron chi connectivity index (χ0n) is 11.5. The predicted octanol–water partition coefficient (Wildman–Crippen LogP) is 3.78. The summed E-state index contributed by atoms with van der Waals surface area (Å²) in [7, 11) is 0. The Balaban J connectivity index is 2.87. The molecule has 0 saturated carbocycles. The maximum absolute atomic E-state index is 13.2. The van der Waals surface area contributed by atoms with Gasteiger partial charge >= 0.3 is 12.1 Å². The van der Waals surface area contributed by atoms with E-state index in [2.05, 4.69) is 0 Å². The first-order valence-corrected chi connectivity index (χ1v) is 6.40. The normalized spacial score (nSPS) is 11.9. The summed E-state index contributed by atoms with van der Waals surface area (Å²) in [6.45, 7) is 3.64. The molecule has 1 aromatic carbocycles. The third kappa shape index (κ3) is 2.55. The molecule has 0 aliphatic heterocycles. The number of rotatable bonds is 4. The summed E-state index contributed by atoms with van der Waals surface area (Å²) >= 11 is 0. The average molecular weight is 301 g/mol. The zero-order chi connectivity index (χ0) is 15.8. The molecule has 0 bridgehead atoms. The fourth-order valence-corrected chi connectivity index (χ4v) is 2.43. The molecule has 21 heavy (non-hydrogen) atoms. The molecule has 0 amide bonds. The lowest BCUT2D eigenvalue weighted by Crippen LogP contribution is -2.17. The molecular formula is C14H14F3NO3. The number of hydrogen-bond donors (Lipinski definition) is 1. The Hall–Kier alpha value is -2.18. The second kappa shape index (κ2) is 5.31. The maximum Gasteiger partial charge on any atom is 0.432 e. The minimum Gasteiger partial charge on any atom is -0.494 e. The minimum atomic E-state index is -4.74. The number of carboxylic acid groups (broad SMARTS) is 1. The van der Waals surface area contributed by atoms with Crippen LogP contribution in [0, 0.1) is 0 Å². The van der Waals surface area contributed by atoms with Crippen LogP contribution in [0.4, 0.5) is 13.2 Å². The van der Waals surface area contributed by atoms with Crippen LogP contribution >= 0.6 is 0 Å². The number of carboxylic acids is 1. The summed E-state index contributed by atoms with van der Waals surface area (Å²) in [5.74, 6) is -1.26. The van der Waals surface area contributed by atoms with Crippen LogP contribution in [0.1, 0.15) is 29.9 Å². The van der Waals surface area contributed by atoms with E-state index < -0.39 is 23.4 Å². The number of aromatic carboxylic acids is 1. The SMILES string of the molecule is CCOc1ccc2c(c1)c(C(=O)O)c(C(F)(F)F)n2CC. The van der Waals surface area contributed by atoms with Crippen molar-refractivity contribution in [2.24, 2.45) is 0 Å². The molecule has 0 fully saturated rings. The van der Waals surface area contributed by atoms with Crippen LogP contribution in [0.15, 0.2) is 18.2 Å². The standard InChI is InChI=1S/C14H14F3NO3/c1-3-18-10-6-5-8(21-4-2)7-9(10)11(13(19)20)12(18)14(15,16)17/h5-7H,3-4H2,1-2H3,(H,19,20). The maximum atomic E-state index is 13.2. The predicted molar refractivity (Wildman–Crippen MR) is 70.7 cm³/mol. The van der Waals surface area contributed by atoms with Crippen molar-refractivity contribution < 1.29 is 27.8 Å². The van der Waals surface area contributed by atoms with E-state index in [4.69, 9.17) is 4.74 Å². The molecule has 7 heteroatoms. The quantitative estimate of drug-likeness (QED) is 0.935. The molecule has 0 saturated heterocycles. The van der Waals surface area contributed by atoms with Gasteiger partial charge in [-0.25, -0.2) is 4.79 Å². The van der Waals surface area contributed by atoms with E-state index in [1.165, 1.54) is 25.1 Å². The number of halogens is 3. The molecule has 0 aliphatic rings. The number of carbonyl (C=O) groups is 1. The fourth-order valence-electron chi connectivity index (χ4n) is 2.43. The van der Waals surface area contributed by atoms with Gasteiger partial charge in [-0.1, -0.05) is 0 Å². The highest BCUT2D eigenvalue weighted by molar-refractivity contribution is 6.05. The summed E-state index contributed by atoms with van der Waals surface area (Å²) < 4.78 is 45.9. The first kappa shape index (κ1) is 15.2. The van der Waals surface area contributed by atoms with E-state index in [1.54, 1.807) is 6.92 Å². The van der Waals surface area contributed by atoms with E-state index >= 15 is 0 Å². The Kier molecular flexibility index (Phi) is 3.85. The van der Waals surface area contributed by atoms with Crippen LogP contribution in [0.2, 0.25) is 0 Å². The van der Waals surface area contributed by atoms with Gasteiger partial charge in [0.05, 0.1) is 12.2 Å². The van der Waals surface area contributed by atoms with Gasteiger partial charge in [0.1, 0.15) is 11.4 Å². The van der Waals surface area contributed by atoms with Crippen LogP contribution in [0.3, 0.4) is 0 Å². The first-order chi connectivity index (χ1) is 9.81. The number of nitrogens with zero attached hydrogens (tertiary/aromatic N) is 1. The number of aromatic nitrogens is 1. The van der Waals surface area contributed by atoms with E-state index in [0.717, 1.165) is 4.57 Å². The number of aryl methyl sites for hydroxylation is 1. The molecule has 0 unspecified atom stereocenters. The van der Waals surface area contributed by atoms with Crippen molar-refractivity contribution in [1.82, 2.24) is 4.57 Å². The Morgan fingerprint density at radius 1 is 1.33 bits per heavy atom. The van der Waals surface area contributed by atoms with Crippen molar-refractivity contribution in [1.29, 1.82) is 0 Å². The Labute approximate surface area is 118 Å². The topological polar surface area (TPSA) is 51.5 Å². The molecule has 2 rings (SSSR count). The molecule has 1 aromatic heterocycles. The zero-order valence-corrected chi connectivity index (χ0v) is 11.5. The summed E-state index contributed by atoms with van der Waals surface area (Å²) in [4.78, 5) is 11.3. The second-order valence-corrected chi connectivity index (χ2v) is 4.38. The largest absolute Gasteiger partial charge is 0.494 e. The van der Waals surface area contributed by atoms with Gasteiger partial charge in [-0.2, -0.15) is 13.2 Å². The van der Waals surface area contributed by atoms with Crippen molar-refractivity contribution in [2.75, 3.05) is 6.61 Å². The average Bonchev–Trinajstić information content (AvgIpc) is 2.72. The molecule has 0 spiro atoms. The van der Waals surface area contributed by atoms with Gasteiger partial charge in [0.2, 0.25) is 0 Å². The van der Waals surface area contributed by atoms with E-state index in [9.17, 15) is 23.1 Å². The highest BCUT2D eigenvalue weighted by atomic mass is 19.4. The highest BCUT2D eigenvalue weighted by Crippen LogP contribution is 2.39. The third-order valence-electron chi connectivity index (χ3n) is 3.14. The molecule has 4 nitrogen and oxygen atoms in total. The van der Waals surface area contributed by atoms with Crippen molar-refractivity contribution in [3.63, 3.8) is 0 Å². The first-order valence-electron chi connectivity index (χ1n) is 6.40. The Morgan fingerprint density at radius 3 is 2.48 bits per heavy atom. The number of ether oxygens (including phenoxy) is 1. The van der Waals surface area contributed by atoms with E-state index in [1.807, 2.05) is 0 Å². The van der Waals surface area contributed by atoms with E-state index in [-0.39, 0.29) is 17.4 Å². The molecule has 0 radical (unpaired) electrons. The van der Waals surface area contributed by atoms with Gasteiger partial charge < -0.3 is 14.4 Å². The lowest BCUT2D eigenvalue weighted by molar-refractivity contribution is -0.143. The van der Waals surface area contributed by atoms with Crippen LogP contribution < -0.4 is 4.74 Å². The molecule has 0 aliphatic carbocycles. The van der Waals surface area contributed by atoms with Crippen molar-refractivity contribution in [3.8, 4) is 5.75 Å². The third-order valence-corrected chi connectivity index (χ3v) is 3.14. The minimum absolute atomic E-state index is 0.0204. The molecular weight excluding hydrogens is 287 g/mol.